The minimum absolute atomic E-state index is 0.00806. The van der Waals surface area contributed by atoms with Gasteiger partial charge in [-0.05, 0) is 31.5 Å². The van der Waals surface area contributed by atoms with Crippen LogP contribution in [0.5, 0.6) is 0 Å². The van der Waals surface area contributed by atoms with Gasteiger partial charge in [-0.2, -0.15) is 4.72 Å². The number of hydrogen-bond acceptors (Lipinski definition) is 4. The molecule has 5 N–H and O–H groups in total. The van der Waals surface area contributed by atoms with Crippen molar-refractivity contribution in [1.29, 1.82) is 0 Å². The number of carbonyl (C=O) groups excluding carboxylic acids is 1. The number of nitrogens with two attached hydrogens (primary N) is 2. The molecule has 0 aliphatic carbocycles. The van der Waals surface area contributed by atoms with Gasteiger partial charge in [0, 0.05) is 5.69 Å². The largest absolute Gasteiger partial charge is 0.398 e. The van der Waals surface area contributed by atoms with E-state index in [4.69, 9.17) is 11.5 Å². The molecule has 1 aromatic carbocycles. The number of amides is 1. The molecular formula is C10H15N3O3S. The lowest BCUT2D eigenvalue weighted by atomic mass is 10.2. The minimum atomic E-state index is -3.77. The molecule has 0 saturated heterocycles. The molecule has 0 heterocycles. The molecule has 1 unspecified atom stereocenters. The molecule has 0 saturated carbocycles. The van der Waals surface area contributed by atoms with E-state index in [2.05, 4.69) is 4.72 Å². The minimum Gasteiger partial charge on any atom is -0.398 e. The summed E-state index contributed by atoms with van der Waals surface area (Å²) in [5, 5.41) is 0. The second kappa shape index (κ2) is 4.72. The first kappa shape index (κ1) is 13.5. The van der Waals surface area contributed by atoms with Crippen LogP contribution in [0.3, 0.4) is 0 Å². The van der Waals surface area contributed by atoms with E-state index >= 15 is 0 Å². The monoisotopic (exact) mass is 257 g/mol. The van der Waals surface area contributed by atoms with Gasteiger partial charge in [-0.25, -0.2) is 8.42 Å². The zero-order valence-corrected chi connectivity index (χ0v) is 10.4. The summed E-state index contributed by atoms with van der Waals surface area (Å²) in [7, 11) is -3.77. The van der Waals surface area contributed by atoms with Crippen molar-refractivity contribution in [1.82, 2.24) is 4.72 Å². The summed E-state index contributed by atoms with van der Waals surface area (Å²) in [5.74, 6) is -0.742. The number of rotatable bonds is 4. The molecule has 1 rings (SSSR count). The quantitative estimate of drug-likeness (QED) is 0.644. The molecule has 0 fully saturated rings. The molecule has 94 valence electrons. The number of hydrogen-bond donors (Lipinski definition) is 3. The second-order valence-electron chi connectivity index (χ2n) is 3.76. The van der Waals surface area contributed by atoms with E-state index in [1.165, 1.54) is 19.1 Å². The standard InChI is InChI=1S/C10H15N3O3S/c1-6-3-4-8(5-9(6)11)17(15,16)13-7(2)10(12)14/h3-5,7,13H,11H2,1-2H3,(H2,12,14). The molecule has 1 atom stereocenters. The molecule has 0 aliphatic heterocycles. The molecule has 17 heavy (non-hydrogen) atoms. The van der Waals surface area contributed by atoms with Crippen LogP contribution >= 0.6 is 0 Å². The van der Waals surface area contributed by atoms with Gasteiger partial charge in [0.25, 0.3) is 0 Å². The third kappa shape index (κ3) is 3.18. The Labute approximate surface area is 100 Å². The van der Waals surface area contributed by atoms with Crippen LogP contribution in [0, 0.1) is 6.92 Å². The Morgan fingerprint density at radius 1 is 1.41 bits per heavy atom. The average Bonchev–Trinajstić information content (AvgIpc) is 2.21. The van der Waals surface area contributed by atoms with Crippen LogP contribution < -0.4 is 16.2 Å². The Morgan fingerprint density at radius 2 is 2.00 bits per heavy atom. The molecule has 0 radical (unpaired) electrons. The summed E-state index contributed by atoms with van der Waals surface area (Å²) in [6, 6.07) is 3.38. The Morgan fingerprint density at radius 3 is 2.47 bits per heavy atom. The Bertz CT molecular complexity index is 540. The van der Waals surface area contributed by atoms with Crippen molar-refractivity contribution >= 4 is 21.6 Å². The second-order valence-corrected chi connectivity index (χ2v) is 5.48. The number of carbonyl (C=O) groups is 1. The van der Waals surface area contributed by atoms with E-state index in [9.17, 15) is 13.2 Å². The highest BCUT2D eigenvalue weighted by atomic mass is 32.2. The normalized spacial score (nSPS) is 13.3. The van der Waals surface area contributed by atoms with Crippen molar-refractivity contribution in [3.8, 4) is 0 Å². The first-order valence-electron chi connectivity index (χ1n) is 4.92. The van der Waals surface area contributed by atoms with E-state index in [1.54, 1.807) is 13.0 Å². The fourth-order valence-electron chi connectivity index (χ4n) is 1.14. The SMILES string of the molecule is Cc1ccc(S(=O)(=O)NC(C)C(N)=O)cc1N. The fourth-order valence-corrected chi connectivity index (χ4v) is 2.39. The lowest BCUT2D eigenvalue weighted by molar-refractivity contribution is -0.119. The van der Waals surface area contributed by atoms with E-state index in [-0.39, 0.29) is 4.90 Å². The number of sulfonamides is 1. The maximum Gasteiger partial charge on any atom is 0.241 e. The van der Waals surface area contributed by atoms with Crippen LogP contribution in [0.25, 0.3) is 0 Å². The van der Waals surface area contributed by atoms with Crippen LogP contribution in [-0.4, -0.2) is 20.4 Å². The lowest BCUT2D eigenvalue weighted by Crippen LogP contribution is -2.42. The van der Waals surface area contributed by atoms with Crippen LogP contribution in [0.4, 0.5) is 5.69 Å². The first-order valence-corrected chi connectivity index (χ1v) is 6.40. The van der Waals surface area contributed by atoms with E-state index < -0.39 is 22.0 Å². The van der Waals surface area contributed by atoms with Gasteiger partial charge in [-0.3, -0.25) is 4.79 Å². The topological polar surface area (TPSA) is 115 Å². The van der Waals surface area contributed by atoms with Crippen LogP contribution in [0.15, 0.2) is 23.1 Å². The van der Waals surface area contributed by atoms with Crippen LogP contribution in [0.1, 0.15) is 12.5 Å². The number of aryl methyl sites for hydroxylation is 1. The molecule has 0 spiro atoms. The summed E-state index contributed by atoms with van der Waals surface area (Å²) < 4.78 is 25.8. The van der Waals surface area contributed by atoms with Crippen LogP contribution in [0.2, 0.25) is 0 Å². The zero-order valence-electron chi connectivity index (χ0n) is 9.60. The molecule has 1 amide bonds. The summed E-state index contributed by atoms with van der Waals surface area (Å²) in [6.45, 7) is 3.14. The predicted octanol–water partition coefficient (Wildman–Crippen LogP) is -0.271. The molecular weight excluding hydrogens is 242 g/mol. The molecule has 0 aliphatic rings. The highest BCUT2D eigenvalue weighted by Crippen LogP contribution is 2.17. The molecule has 1 aromatic rings. The summed E-state index contributed by atoms with van der Waals surface area (Å²) in [5.41, 5.74) is 11.8. The Hall–Kier alpha value is -1.60. The van der Waals surface area contributed by atoms with Crippen molar-refractivity contribution in [2.75, 3.05) is 5.73 Å². The average molecular weight is 257 g/mol. The van der Waals surface area contributed by atoms with Crippen LogP contribution in [-0.2, 0) is 14.8 Å². The highest BCUT2D eigenvalue weighted by molar-refractivity contribution is 7.89. The summed E-state index contributed by atoms with van der Waals surface area (Å²) in [6.07, 6.45) is 0. The van der Waals surface area contributed by atoms with Gasteiger partial charge in [-0.1, -0.05) is 6.07 Å². The smallest absolute Gasteiger partial charge is 0.241 e. The number of nitrogen functional groups attached to an aromatic ring is 1. The van der Waals surface area contributed by atoms with Crippen molar-refractivity contribution < 1.29 is 13.2 Å². The van der Waals surface area contributed by atoms with Crippen molar-refractivity contribution in [3.63, 3.8) is 0 Å². The van der Waals surface area contributed by atoms with Gasteiger partial charge >= 0.3 is 0 Å². The molecule has 0 bridgehead atoms. The van der Waals surface area contributed by atoms with E-state index in [0.717, 1.165) is 5.56 Å². The Balaban J connectivity index is 3.05. The summed E-state index contributed by atoms with van der Waals surface area (Å²) in [4.78, 5) is 10.8. The number of benzene rings is 1. The lowest BCUT2D eigenvalue weighted by Gasteiger charge is -2.11. The Kier molecular flexibility index (Phi) is 3.74. The van der Waals surface area contributed by atoms with Crippen molar-refractivity contribution in [2.24, 2.45) is 5.73 Å². The van der Waals surface area contributed by atoms with Gasteiger partial charge < -0.3 is 11.5 Å². The zero-order chi connectivity index (χ0) is 13.2. The maximum atomic E-state index is 11.8. The van der Waals surface area contributed by atoms with Gasteiger partial charge in [0.2, 0.25) is 15.9 Å². The van der Waals surface area contributed by atoms with E-state index in [1.807, 2.05) is 0 Å². The van der Waals surface area contributed by atoms with Gasteiger partial charge in [-0.15, -0.1) is 0 Å². The van der Waals surface area contributed by atoms with E-state index in [0.29, 0.717) is 5.69 Å². The fraction of sp³-hybridized carbons (Fsp3) is 0.300. The third-order valence-electron chi connectivity index (χ3n) is 2.32. The predicted molar refractivity (Wildman–Crippen MR) is 64.6 cm³/mol. The molecule has 7 heteroatoms. The first-order chi connectivity index (χ1) is 7.74. The number of nitrogens with one attached hydrogen (secondary N) is 1. The number of primary amides is 1. The highest BCUT2D eigenvalue weighted by Gasteiger charge is 2.20. The molecule has 0 aromatic heterocycles. The number of anilines is 1. The molecule has 6 nitrogen and oxygen atoms in total. The third-order valence-corrected chi connectivity index (χ3v) is 3.86. The maximum absolute atomic E-state index is 11.8. The van der Waals surface area contributed by atoms with Crippen molar-refractivity contribution in [3.05, 3.63) is 23.8 Å². The van der Waals surface area contributed by atoms with Crippen molar-refractivity contribution in [2.45, 2.75) is 24.8 Å². The van der Waals surface area contributed by atoms with Gasteiger partial charge in [0.05, 0.1) is 10.9 Å². The van der Waals surface area contributed by atoms with Gasteiger partial charge in [0.1, 0.15) is 0 Å². The summed E-state index contributed by atoms with van der Waals surface area (Å²) >= 11 is 0. The van der Waals surface area contributed by atoms with Gasteiger partial charge in [0.15, 0.2) is 0 Å².